The molecular formula is C16H29N3O2. The van der Waals surface area contributed by atoms with Gasteiger partial charge in [0.2, 0.25) is 11.8 Å². The van der Waals surface area contributed by atoms with Crippen molar-refractivity contribution < 1.29 is 9.59 Å². The third-order valence-corrected chi connectivity index (χ3v) is 5.01. The average Bonchev–Trinajstić information content (AvgIpc) is 2.99. The fourth-order valence-electron chi connectivity index (χ4n) is 4.00. The first kappa shape index (κ1) is 16.3. The van der Waals surface area contributed by atoms with E-state index in [1.807, 2.05) is 0 Å². The molecule has 1 aliphatic heterocycles. The first-order valence-electron chi connectivity index (χ1n) is 8.39. The zero-order valence-electron chi connectivity index (χ0n) is 13.2. The van der Waals surface area contributed by atoms with Crippen LogP contribution in [-0.2, 0) is 9.59 Å². The quantitative estimate of drug-likeness (QED) is 0.778. The van der Waals surface area contributed by atoms with E-state index in [2.05, 4.69) is 12.2 Å². The van der Waals surface area contributed by atoms with Gasteiger partial charge in [0.1, 0.15) is 0 Å². The second kappa shape index (κ2) is 7.25. The summed E-state index contributed by atoms with van der Waals surface area (Å²) in [7, 11) is 0. The molecule has 0 aromatic rings. The van der Waals surface area contributed by atoms with E-state index in [0.717, 1.165) is 64.5 Å². The van der Waals surface area contributed by atoms with E-state index < -0.39 is 5.91 Å². The summed E-state index contributed by atoms with van der Waals surface area (Å²) in [5.41, 5.74) is 5.07. The van der Waals surface area contributed by atoms with Crippen molar-refractivity contribution in [1.82, 2.24) is 10.2 Å². The van der Waals surface area contributed by atoms with E-state index >= 15 is 0 Å². The molecule has 1 saturated heterocycles. The van der Waals surface area contributed by atoms with Gasteiger partial charge in [0.15, 0.2) is 0 Å². The number of hydrogen-bond acceptors (Lipinski definition) is 3. The fraction of sp³-hybridized carbons (Fsp3) is 0.875. The summed E-state index contributed by atoms with van der Waals surface area (Å²) >= 11 is 0. The largest absolute Gasteiger partial charge is 0.368 e. The average molecular weight is 295 g/mol. The third kappa shape index (κ3) is 3.76. The summed E-state index contributed by atoms with van der Waals surface area (Å²) < 4.78 is 0. The highest BCUT2D eigenvalue weighted by Crippen LogP contribution is 2.36. The van der Waals surface area contributed by atoms with Gasteiger partial charge < -0.3 is 16.0 Å². The van der Waals surface area contributed by atoms with Crippen LogP contribution >= 0.6 is 0 Å². The number of carbonyl (C=O) groups is 2. The van der Waals surface area contributed by atoms with E-state index in [-0.39, 0.29) is 23.9 Å². The van der Waals surface area contributed by atoms with Crippen molar-refractivity contribution in [2.45, 2.75) is 64.3 Å². The van der Waals surface area contributed by atoms with Crippen molar-refractivity contribution in [3.63, 3.8) is 0 Å². The molecule has 0 aromatic carbocycles. The van der Waals surface area contributed by atoms with E-state index in [1.54, 1.807) is 4.90 Å². The SMILES string of the molecule is CCCC1(C(=O)N(CC(N)=O)C2CCCC2)CCCNC1. The number of amides is 2. The Kier molecular flexibility index (Phi) is 5.62. The Hall–Kier alpha value is -1.10. The van der Waals surface area contributed by atoms with Crippen LogP contribution in [0.4, 0.5) is 0 Å². The summed E-state index contributed by atoms with van der Waals surface area (Å²) in [6.07, 6.45) is 8.14. The van der Waals surface area contributed by atoms with Crippen LogP contribution < -0.4 is 11.1 Å². The Labute approximate surface area is 127 Å². The molecule has 21 heavy (non-hydrogen) atoms. The number of nitrogens with two attached hydrogens (primary N) is 1. The van der Waals surface area contributed by atoms with E-state index in [9.17, 15) is 9.59 Å². The number of nitrogens with zero attached hydrogens (tertiary/aromatic N) is 1. The van der Waals surface area contributed by atoms with Crippen molar-refractivity contribution >= 4 is 11.8 Å². The first-order chi connectivity index (χ1) is 10.1. The van der Waals surface area contributed by atoms with Crippen molar-refractivity contribution in [2.24, 2.45) is 11.1 Å². The van der Waals surface area contributed by atoms with Crippen LogP contribution in [0.1, 0.15) is 58.3 Å². The Bertz CT molecular complexity index is 366. The van der Waals surface area contributed by atoms with Gasteiger partial charge in [0.05, 0.1) is 12.0 Å². The Balaban J connectivity index is 2.18. The smallest absolute Gasteiger partial charge is 0.237 e. The Morgan fingerprint density at radius 1 is 1.29 bits per heavy atom. The zero-order valence-corrected chi connectivity index (χ0v) is 13.2. The van der Waals surface area contributed by atoms with Gasteiger partial charge in [-0.15, -0.1) is 0 Å². The van der Waals surface area contributed by atoms with Crippen molar-refractivity contribution in [3.05, 3.63) is 0 Å². The molecule has 2 rings (SSSR count). The number of nitrogens with one attached hydrogen (secondary N) is 1. The number of primary amides is 1. The lowest BCUT2D eigenvalue weighted by Gasteiger charge is -2.42. The Morgan fingerprint density at radius 3 is 2.52 bits per heavy atom. The van der Waals surface area contributed by atoms with Crippen LogP contribution in [0.3, 0.4) is 0 Å². The van der Waals surface area contributed by atoms with Crippen molar-refractivity contribution in [1.29, 1.82) is 0 Å². The summed E-state index contributed by atoms with van der Waals surface area (Å²) in [6.45, 7) is 3.92. The highest BCUT2D eigenvalue weighted by molar-refractivity contribution is 5.88. The van der Waals surface area contributed by atoms with Crippen molar-refractivity contribution in [2.75, 3.05) is 19.6 Å². The minimum Gasteiger partial charge on any atom is -0.368 e. The second-order valence-electron chi connectivity index (χ2n) is 6.65. The molecule has 120 valence electrons. The molecule has 1 saturated carbocycles. The van der Waals surface area contributed by atoms with Gasteiger partial charge >= 0.3 is 0 Å². The maximum absolute atomic E-state index is 13.2. The highest BCUT2D eigenvalue weighted by Gasteiger charge is 2.43. The topological polar surface area (TPSA) is 75.4 Å². The molecule has 1 unspecified atom stereocenters. The normalized spacial score (nSPS) is 26.7. The van der Waals surface area contributed by atoms with E-state index in [0.29, 0.717) is 0 Å². The van der Waals surface area contributed by atoms with Gasteiger partial charge in [-0.2, -0.15) is 0 Å². The number of piperidine rings is 1. The van der Waals surface area contributed by atoms with Crippen LogP contribution in [-0.4, -0.2) is 42.4 Å². The number of carbonyl (C=O) groups excluding carboxylic acids is 2. The van der Waals surface area contributed by atoms with Crippen molar-refractivity contribution in [3.8, 4) is 0 Å². The van der Waals surface area contributed by atoms with Gasteiger partial charge in [-0.1, -0.05) is 26.2 Å². The summed E-state index contributed by atoms with van der Waals surface area (Å²) in [5, 5.41) is 3.38. The van der Waals surface area contributed by atoms with Crippen LogP contribution in [0.5, 0.6) is 0 Å². The standard InChI is InChI=1S/C16H29N3O2/c1-2-8-16(9-5-10-18-12-16)15(21)19(11-14(17)20)13-6-3-4-7-13/h13,18H,2-12H2,1H3,(H2,17,20). The number of hydrogen-bond donors (Lipinski definition) is 2. The molecule has 2 aliphatic rings. The van der Waals surface area contributed by atoms with E-state index in [4.69, 9.17) is 5.73 Å². The molecular weight excluding hydrogens is 266 g/mol. The van der Waals surface area contributed by atoms with Gasteiger partial charge in [-0.3, -0.25) is 9.59 Å². The second-order valence-corrected chi connectivity index (χ2v) is 6.65. The predicted octanol–water partition coefficient (Wildman–Crippen LogP) is 1.41. The molecule has 0 aromatic heterocycles. The maximum Gasteiger partial charge on any atom is 0.237 e. The third-order valence-electron chi connectivity index (χ3n) is 5.01. The summed E-state index contributed by atoms with van der Waals surface area (Å²) in [5.74, 6) is -0.243. The first-order valence-corrected chi connectivity index (χ1v) is 8.39. The lowest BCUT2D eigenvalue weighted by molar-refractivity contribution is -0.148. The monoisotopic (exact) mass is 295 g/mol. The molecule has 0 radical (unpaired) electrons. The molecule has 1 heterocycles. The lowest BCUT2D eigenvalue weighted by atomic mass is 9.75. The minimum atomic E-state index is -0.398. The Morgan fingerprint density at radius 2 is 2.00 bits per heavy atom. The summed E-state index contributed by atoms with van der Waals surface area (Å²) in [4.78, 5) is 26.4. The fourth-order valence-corrected chi connectivity index (χ4v) is 4.00. The molecule has 0 spiro atoms. The highest BCUT2D eigenvalue weighted by atomic mass is 16.2. The lowest BCUT2D eigenvalue weighted by Crippen LogP contribution is -2.55. The molecule has 3 N–H and O–H groups in total. The predicted molar refractivity (Wildman–Crippen MR) is 82.6 cm³/mol. The van der Waals surface area contributed by atoms with Gasteiger partial charge in [-0.25, -0.2) is 0 Å². The molecule has 1 aliphatic carbocycles. The summed E-state index contributed by atoms with van der Waals surface area (Å²) in [6, 6.07) is 0.209. The van der Waals surface area contributed by atoms with Crippen LogP contribution in [0.25, 0.3) is 0 Å². The minimum absolute atomic E-state index is 0.0783. The molecule has 2 amide bonds. The number of rotatable bonds is 6. The maximum atomic E-state index is 13.2. The van der Waals surface area contributed by atoms with Crippen LogP contribution in [0, 0.1) is 5.41 Å². The van der Waals surface area contributed by atoms with Crippen LogP contribution in [0.15, 0.2) is 0 Å². The van der Waals surface area contributed by atoms with E-state index in [1.165, 1.54) is 0 Å². The zero-order chi connectivity index (χ0) is 15.3. The van der Waals surface area contributed by atoms with Crippen LogP contribution in [0.2, 0.25) is 0 Å². The molecule has 5 heteroatoms. The van der Waals surface area contributed by atoms with Gasteiger partial charge in [0, 0.05) is 12.6 Å². The van der Waals surface area contributed by atoms with Gasteiger partial charge in [0.25, 0.3) is 0 Å². The molecule has 2 fully saturated rings. The van der Waals surface area contributed by atoms with Gasteiger partial charge in [-0.05, 0) is 38.6 Å². The molecule has 0 bridgehead atoms. The molecule has 5 nitrogen and oxygen atoms in total. The molecule has 1 atom stereocenters.